The Balaban J connectivity index is 2.61. The highest BCUT2D eigenvalue weighted by Gasteiger charge is 2.27. The molecule has 0 heterocycles. The zero-order valence-electron chi connectivity index (χ0n) is 10.1. The molecule has 0 spiro atoms. The maximum atomic E-state index is 11.8. The highest BCUT2D eigenvalue weighted by atomic mass is 19.4. The van der Waals surface area contributed by atoms with Gasteiger partial charge in [0.15, 0.2) is 0 Å². The predicted octanol–water partition coefficient (Wildman–Crippen LogP) is 3.00. The first-order valence-corrected chi connectivity index (χ1v) is 5.38. The van der Waals surface area contributed by atoms with Gasteiger partial charge in [0.05, 0.1) is 0 Å². The smallest absolute Gasteiger partial charge is 0.343 e. The number of benzene rings is 1. The van der Waals surface area contributed by atoms with Crippen molar-refractivity contribution in [3.63, 3.8) is 0 Å². The van der Waals surface area contributed by atoms with Crippen molar-refractivity contribution in [1.29, 1.82) is 0 Å². The largest absolute Gasteiger partial charge is 0.405 e. The van der Waals surface area contributed by atoms with Gasteiger partial charge in [-0.2, -0.15) is 13.2 Å². The summed E-state index contributed by atoms with van der Waals surface area (Å²) in [5, 5.41) is 1.77. The molecule has 0 fully saturated rings. The third kappa shape index (κ3) is 5.03. The minimum atomic E-state index is -4.39. The van der Waals surface area contributed by atoms with Crippen molar-refractivity contribution >= 4 is 12.0 Å². The Morgan fingerprint density at radius 1 is 1.33 bits per heavy atom. The van der Waals surface area contributed by atoms with Crippen LogP contribution >= 0.6 is 0 Å². The summed E-state index contributed by atoms with van der Waals surface area (Å²) >= 11 is 0. The summed E-state index contributed by atoms with van der Waals surface area (Å²) in [4.78, 5) is 11.1. The first-order chi connectivity index (χ1) is 8.28. The van der Waals surface area contributed by atoms with Gasteiger partial charge in [0.1, 0.15) is 6.54 Å². The van der Waals surface area contributed by atoms with Gasteiger partial charge in [0, 0.05) is 6.08 Å². The molecule has 1 aromatic carbocycles. The van der Waals surface area contributed by atoms with Crippen LogP contribution in [-0.4, -0.2) is 18.6 Å². The van der Waals surface area contributed by atoms with E-state index in [4.69, 9.17) is 0 Å². The third-order valence-corrected chi connectivity index (χ3v) is 2.30. The molecule has 0 atom stereocenters. The minimum Gasteiger partial charge on any atom is -0.343 e. The van der Waals surface area contributed by atoms with Gasteiger partial charge in [0.25, 0.3) is 0 Å². The number of carbonyl (C=O) groups is 1. The number of hydrogen-bond donors (Lipinski definition) is 1. The minimum absolute atomic E-state index is 0.757. The number of alkyl halides is 3. The van der Waals surface area contributed by atoms with Gasteiger partial charge in [-0.15, -0.1) is 0 Å². The summed E-state index contributed by atoms with van der Waals surface area (Å²) in [6, 6.07) is 5.63. The second-order valence-corrected chi connectivity index (χ2v) is 4.03. The van der Waals surface area contributed by atoms with Gasteiger partial charge < -0.3 is 5.32 Å². The van der Waals surface area contributed by atoms with Crippen molar-refractivity contribution in [2.24, 2.45) is 0 Å². The van der Waals surface area contributed by atoms with Crippen molar-refractivity contribution in [1.82, 2.24) is 5.32 Å². The molecule has 1 N–H and O–H groups in total. The Morgan fingerprint density at radius 2 is 2.00 bits per heavy atom. The quantitative estimate of drug-likeness (QED) is 0.829. The molecule has 0 aliphatic heterocycles. The van der Waals surface area contributed by atoms with Gasteiger partial charge in [0.2, 0.25) is 5.91 Å². The second-order valence-electron chi connectivity index (χ2n) is 4.03. The number of nitrogens with one attached hydrogen (secondary N) is 1. The first kappa shape index (κ1) is 14.3. The van der Waals surface area contributed by atoms with Crippen molar-refractivity contribution in [3.8, 4) is 0 Å². The Hall–Kier alpha value is -1.78. The second kappa shape index (κ2) is 5.71. The van der Waals surface area contributed by atoms with Crippen molar-refractivity contribution < 1.29 is 18.0 Å². The number of carbonyl (C=O) groups excluding carboxylic acids is 1. The lowest BCUT2D eigenvalue weighted by Gasteiger charge is -2.06. The van der Waals surface area contributed by atoms with E-state index in [0.717, 1.165) is 22.8 Å². The Kier molecular flexibility index (Phi) is 4.53. The number of hydrogen-bond acceptors (Lipinski definition) is 1. The van der Waals surface area contributed by atoms with E-state index < -0.39 is 18.6 Å². The molecule has 0 aromatic heterocycles. The molecule has 0 aliphatic carbocycles. The first-order valence-electron chi connectivity index (χ1n) is 5.38. The van der Waals surface area contributed by atoms with Crippen LogP contribution in [0, 0.1) is 13.8 Å². The van der Waals surface area contributed by atoms with Gasteiger partial charge in [-0.05, 0) is 31.1 Å². The fraction of sp³-hybridized carbons (Fsp3) is 0.308. The monoisotopic (exact) mass is 257 g/mol. The molecule has 1 amide bonds. The van der Waals surface area contributed by atoms with Crippen LogP contribution in [0.4, 0.5) is 13.2 Å². The summed E-state index contributed by atoms with van der Waals surface area (Å²) in [7, 11) is 0. The fourth-order valence-electron chi connectivity index (χ4n) is 1.42. The van der Waals surface area contributed by atoms with Crippen LogP contribution in [0.15, 0.2) is 24.3 Å². The predicted molar refractivity (Wildman–Crippen MR) is 64.0 cm³/mol. The van der Waals surface area contributed by atoms with E-state index in [0.29, 0.717) is 0 Å². The average Bonchev–Trinajstić information content (AvgIpc) is 2.24. The zero-order chi connectivity index (χ0) is 13.8. The SMILES string of the molecule is Cc1ccc(/C=C/C(=O)NCC(F)(F)F)c(C)c1. The molecule has 2 nitrogen and oxygen atoms in total. The molecule has 0 aliphatic rings. The van der Waals surface area contributed by atoms with Crippen molar-refractivity contribution in [2.45, 2.75) is 20.0 Å². The molecule has 0 bridgehead atoms. The number of amides is 1. The van der Waals surface area contributed by atoms with E-state index in [-0.39, 0.29) is 0 Å². The van der Waals surface area contributed by atoms with Crippen LogP contribution in [0.2, 0.25) is 0 Å². The van der Waals surface area contributed by atoms with E-state index in [1.807, 2.05) is 32.0 Å². The topological polar surface area (TPSA) is 29.1 Å². The van der Waals surface area contributed by atoms with Crippen molar-refractivity contribution in [2.75, 3.05) is 6.54 Å². The Bertz CT molecular complexity index is 464. The summed E-state index contributed by atoms with van der Waals surface area (Å²) in [5.41, 5.74) is 2.86. The summed E-state index contributed by atoms with van der Waals surface area (Å²) in [6.07, 6.45) is -1.78. The molecule has 0 saturated carbocycles. The molecule has 1 aromatic rings. The van der Waals surface area contributed by atoms with Crippen LogP contribution in [-0.2, 0) is 4.79 Å². The lowest BCUT2D eigenvalue weighted by atomic mass is 10.1. The highest BCUT2D eigenvalue weighted by molar-refractivity contribution is 5.91. The van der Waals surface area contributed by atoms with Crippen LogP contribution in [0.5, 0.6) is 0 Å². The van der Waals surface area contributed by atoms with Crippen LogP contribution in [0.1, 0.15) is 16.7 Å². The molecule has 18 heavy (non-hydrogen) atoms. The lowest BCUT2D eigenvalue weighted by molar-refractivity contribution is -0.135. The van der Waals surface area contributed by atoms with Gasteiger partial charge >= 0.3 is 6.18 Å². The molecule has 0 radical (unpaired) electrons. The third-order valence-electron chi connectivity index (χ3n) is 2.30. The van der Waals surface area contributed by atoms with Crippen molar-refractivity contribution in [3.05, 3.63) is 41.0 Å². The Morgan fingerprint density at radius 3 is 2.56 bits per heavy atom. The highest BCUT2D eigenvalue weighted by Crippen LogP contribution is 2.13. The zero-order valence-corrected chi connectivity index (χ0v) is 10.1. The summed E-state index contributed by atoms with van der Waals surface area (Å²) in [6.45, 7) is 2.50. The molecular weight excluding hydrogens is 243 g/mol. The number of halogens is 3. The maximum absolute atomic E-state index is 11.8. The van der Waals surface area contributed by atoms with E-state index in [2.05, 4.69) is 0 Å². The number of rotatable bonds is 3. The summed E-state index contributed by atoms with van der Waals surface area (Å²) in [5.74, 6) is -0.757. The normalized spacial score (nSPS) is 11.8. The van der Waals surface area contributed by atoms with E-state index in [9.17, 15) is 18.0 Å². The van der Waals surface area contributed by atoms with Crippen LogP contribution in [0.3, 0.4) is 0 Å². The Labute approximate surface area is 104 Å². The molecular formula is C13H14F3NO. The van der Waals surface area contributed by atoms with E-state index in [1.165, 1.54) is 6.08 Å². The van der Waals surface area contributed by atoms with E-state index in [1.54, 1.807) is 5.32 Å². The van der Waals surface area contributed by atoms with Crippen LogP contribution < -0.4 is 5.32 Å². The standard InChI is InChI=1S/C13H14F3NO/c1-9-3-4-11(10(2)7-9)5-6-12(18)17-8-13(14,15)16/h3-7H,8H2,1-2H3,(H,17,18)/b6-5+. The maximum Gasteiger partial charge on any atom is 0.405 e. The molecule has 5 heteroatoms. The molecule has 98 valence electrons. The van der Waals surface area contributed by atoms with Gasteiger partial charge in [-0.3, -0.25) is 4.79 Å². The molecule has 0 saturated heterocycles. The fourth-order valence-corrected chi connectivity index (χ4v) is 1.42. The number of aryl methyl sites for hydroxylation is 2. The summed E-state index contributed by atoms with van der Waals surface area (Å²) < 4.78 is 35.5. The average molecular weight is 257 g/mol. The molecule has 1 rings (SSSR count). The molecule has 0 unspecified atom stereocenters. The lowest BCUT2D eigenvalue weighted by Crippen LogP contribution is -2.32. The van der Waals surface area contributed by atoms with E-state index >= 15 is 0 Å². The van der Waals surface area contributed by atoms with Gasteiger partial charge in [-0.25, -0.2) is 0 Å². The van der Waals surface area contributed by atoms with Gasteiger partial charge in [-0.1, -0.05) is 23.8 Å². The van der Waals surface area contributed by atoms with Crippen LogP contribution in [0.25, 0.3) is 6.08 Å².